The maximum absolute atomic E-state index is 5.86. The smallest absolute Gasteiger partial charge is 0.257 e. The van der Waals surface area contributed by atoms with E-state index in [0.29, 0.717) is 30.2 Å². The summed E-state index contributed by atoms with van der Waals surface area (Å²) in [6.07, 6.45) is 1.69. The van der Waals surface area contributed by atoms with Crippen molar-refractivity contribution in [2.75, 3.05) is 18.5 Å². The predicted octanol–water partition coefficient (Wildman–Crippen LogP) is 4.72. The first-order valence-corrected chi connectivity index (χ1v) is 8.62. The molecule has 0 spiro atoms. The topological polar surface area (TPSA) is 44.5 Å². The third-order valence-corrected chi connectivity index (χ3v) is 4.16. The lowest BCUT2D eigenvalue weighted by atomic mass is 10.2. The highest BCUT2D eigenvalue weighted by Gasteiger charge is 2.38. The molecule has 6 heteroatoms. The van der Waals surface area contributed by atoms with Crippen LogP contribution in [0.3, 0.4) is 0 Å². The van der Waals surface area contributed by atoms with Gasteiger partial charge in [0.1, 0.15) is 0 Å². The first kappa shape index (κ1) is 16.7. The van der Waals surface area contributed by atoms with Crippen LogP contribution in [0.2, 0.25) is 0 Å². The Bertz CT molecular complexity index is 563. The van der Waals surface area contributed by atoms with Gasteiger partial charge in [0.25, 0.3) is 11.7 Å². The van der Waals surface area contributed by atoms with Gasteiger partial charge in [0, 0.05) is 23.2 Å². The van der Waals surface area contributed by atoms with E-state index >= 15 is 0 Å². The Balaban J connectivity index is 2.33. The van der Waals surface area contributed by atoms with Crippen LogP contribution >= 0.6 is 31.9 Å². The molecule has 0 aliphatic heterocycles. The summed E-state index contributed by atoms with van der Waals surface area (Å²) in [5, 5.41) is 0.446. The number of alkyl halides is 1. The summed E-state index contributed by atoms with van der Waals surface area (Å²) in [6.45, 7) is 4.83. The van der Waals surface area contributed by atoms with Crippen LogP contribution in [0.15, 0.2) is 39.4 Å². The van der Waals surface area contributed by atoms with Crippen molar-refractivity contribution in [3.05, 3.63) is 40.8 Å². The Kier molecular flexibility index (Phi) is 5.98. The SMILES string of the molecule is CCOC(CBr)(OCC)c1ncc(-c2ccc(Br)cc2)o1. The average Bonchev–Trinajstić information content (AvgIpc) is 2.98. The number of hydrogen-bond donors (Lipinski definition) is 0. The average molecular weight is 419 g/mol. The van der Waals surface area contributed by atoms with Crippen LogP contribution in [0.5, 0.6) is 0 Å². The molecule has 0 saturated carbocycles. The van der Waals surface area contributed by atoms with E-state index in [9.17, 15) is 0 Å². The summed E-state index contributed by atoms with van der Waals surface area (Å²) in [5.41, 5.74) is 0.952. The van der Waals surface area contributed by atoms with Gasteiger partial charge in [-0.25, -0.2) is 4.98 Å². The Morgan fingerprint density at radius 2 is 1.76 bits per heavy atom. The molecule has 0 atom stereocenters. The van der Waals surface area contributed by atoms with Crippen molar-refractivity contribution in [3.8, 4) is 11.3 Å². The molecular weight excluding hydrogens is 402 g/mol. The fourth-order valence-corrected chi connectivity index (χ4v) is 2.79. The lowest BCUT2D eigenvalue weighted by Crippen LogP contribution is -2.35. The van der Waals surface area contributed by atoms with Crippen LogP contribution in [0.1, 0.15) is 19.7 Å². The largest absolute Gasteiger partial charge is 0.435 e. The molecule has 4 nitrogen and oxygen atoms in total. The second kappa shape index (κ2) is 7.54. The standard InChI is InChI=1S/C15H17Br2NO3/c1-3-19-15(10-16,20-4-2)14-18-9-13(21-14)11-5-7-12(17)8-6-11/h5-9H,3-4,10H2,1-2H3. The number of ether oxygens (including phenoxy) is 2. The highest BCUT2D eigenvalue weighted by atomic mass is 79.9. The van der Waals surface area contributed by atoms with Gasteiger partial charge in [-0.15, -0.1) is 0 Å². The molecule has 0 radical (unpaired) electrons. The maximum atomic E-state index is 5.86. The van der Waals surface area contributed by atoms with Gasteiger partial charge in [0.05, 0.1) is 11.5 Å². The summed E-state index contributed by atoms with van der Waals surface area (Å²) < 4.78 is 18.4. The predicted molar refractivity (Wildman–Crippen MR) is 88.4 cm³/mol. The molecule has 0 aliphatic carbocycles. The second-order valence-electron chi connectivity index (χ2n) is 4.29. The zero-order valence-electron chi connectivity index (χ0n) is 11.9. The molecule has 0 unspecified atom stereocenters. The molecule has 114 valence electrons. The summed E-state index contributed by atoms with van der Waals surface area (Å²) in [5.74, 6) is 0.111. The quantitative estimate of drug-likeness (QED) is 0.481. The highest BCUT2D eigenvalue weighted by Crippen LogP contribution is 2.32. The minimum absolute atomic E-state index is 0.418. The third-order valence-electron chi connectivity index (χ3n) is 2.89. The van der Waals surface area contributed by atoms with Gasteiger partial charge in [-0.05, 0) is 26.0 Å². The van der Waals surface area contributed by atoms with Crippen LogP contribution < -0.4 is 0 Å². The lowest BCUT2D eigenvalue weighted by molar-refractivity contribution is -0.237. The van der Waals surface area contributed by atoms with Gasteiger partial charge in [-0.1, -0.05) is 44.0 Å². The zero-order valence-corrected chi connectivity index (χ0v) is 15.1. The van der Waals surface area contributed by atoms with E-state index in [4.69, 9.17) is 13.9 Å². The normalized spacial score (nSPS) is 11.8. The Labute approximate surface area is 141 Å². The number of rotatable bonds is 7. The number of hydrogen-bond acceptors (Lipinski definition) is 4. The minimum Gasteiger partial charge on any atom is -0.435 e. The fraction of sp³-hybridized carbons (Fsp3) is 0.400. The van der Waals surface area contributed by atoms with Gasteiger partial charge in [0.2, 0.25) is 0 Å². The molecule has 1 heterocycles. The van der Waals surface area contributed by atoms with Crippen molar-refractivity contribution in [2.45, 2.75) is 19.6 Å². The van der Waals surface area contributed by atoms with E-state index in [1.807, 2.05) is 38.1 Å². The van der Waals surface area contributed by atoms with Crippen molar-refractivity contribution in [1.82, 2.24) is 4.98 Å². The highest BCUT2D eigenvalue weighted by molar-refractivity contribution is 9.10. The van der Waals surface area contributed by atoms with Crippen LogP contribution in [0, 0.1) is 0 Å². The molecule has 0 aliphatic rings. The van der Waals surface area contributed by atoms with Gasteiger partial charge >= 0.3 is 0 Å². The number of benzene rings is 1. The Morgan fingerprint density at radius 3 is 2.29 bits per heavy atom. The molecule has 2 rings (SSSR count). The van der Waals surface area contributed by atoms with Gasteiger partial charge in [-0.3, -0.25) is 0 Å². The van der Waals surface area contributed by atoms with Crippen molar-refractivity contribution >= 4 is 31.9 Å². The maximum Gasteiger partial charge on any atom is 0.257 e. The molecule has 1 aromatic carbocycles. The van der Waals surface area contributed by atoms with Crippen LogP contribution in [-0.4, -0.2) is 23.5 Å². The van der Waals surface area contributed by atoms with Crippen molar-refractivity contribution in [2.24, 2.45) is 0 Å². The summed E-state index contributed by atoms with van der Waals surface area (Å²) >= 11 is 6.85. The molecule has 0 bridgehead atoms. The number of oxazole rings is 1. The molecule has 2 aromatic rings. The zero-order chi connectivity index (χ0) is 15.3. The monoisotopic (exact) mass is 417 g/mol. The van der Waals surface area contributed by atoms with Crippen molar-refractivity contribution < 1.29 is 13.9 Å². The van der Waals surface area contributed by atoms with Gasteiger partial charge < -0.3 is 13.9 Å². The summed E-state index contributed by atoms with van der Waals surface area (Å²) in [7, 11) is 0. The first-order valence-electron chi connectivity index (χ1n) is 6.71. The van der Waals surface area contributed by atoms with E-state index in [2.05, 4.69) is 36.8 Å². The minimum atomic E-state index is -0.989. The molecule has 0 N–H and O–H groups in total. The molecule has 0 saturated heterocycles. The van der Waals surface area contributed by atoms with E-state index in [0.717, 1.165) is 10.0 Å². The van der Waals surface area contributed by atoms with Crippen LogP contribution in [0.4, 0.5) is 0 Å². The molecule has 0 amide bonds. The second-order valence-corrected chi connectivity index (χ2v) is 5.77. The molecular formula is C15H17Br2NO3. The number of aromatic nitrogens is 1. The Morgan fingerprint density at radius 1 is 1.14 bits per heavy atom. The van der Waals surface area contributed by atoms with Crippen molar-refractivity contribution in [1.29, 1.82) is 0 Å². The van der Waals surface area contributed by atoms with E-state index in [1.165, 1.54) is 0 Å². The van der Waals surface area contributed by atoms with Crippen LogP contribution in [0.25, 0.3) is 11.3 Å². The number of nitrogens with zero attached hydrogens (tertiary/aromatic N) is 1. The summed E-state index contributed by atoms with van der Waals surface area (Å²) in [6, 6.07) is 7.85. The third kappa shape index (κ3) is 3.74. The van der Waals surface area contributed by atoms with Gasteiger partial charge in [0.15, 0.2) is 5.76 Å². The van der Waals surface area contributed by atoms with E-state index < -0.39 is 5.79 Å². The van der Waals surface area contributed by atoms with E-state index in [-0.39, 0.29) is 0 Å². The fourth-order valence-electron chi connectivity index (χ4n) is 1.96. The van der Waals surface area contributed by atoms with E-state index in [1.54, 1.807) is 6.20 Å². The molecule has 21 heavy (non-hydrogen) atoms. The number of halogens is 2. The molecule has 0 fully saturated rings. The lowest BCUT2D eigenvalue weighted by Gasteiger charge is -2.27. The van der Waals surface area contributed by atoms with Crippen LogP contribution in [-0.2, 0) is 15.3 Å². The molecule has 1 aromatic heterocycles. The summed E-state index contributed by atoms with van der Waals surface area (Å²) in [4.78, 5) is 4.34. The Hall–Kier alpha value is -0.690. The van der Waals surface area contributed by atoms with Gasteiger partial charge in [-0.2, -0.15) is 0 Å². The first-order chi connectivity index (χ1) is 10.1. The van der Waals surface area contributed by atoms with Crippen molar-refractivity contribution in [3.63, 3.8) is 0 Å².